The number of furan rings is 1. The summed E-state index contributed by atoms with van der Waals surface area (Å²) in [5.41, 5.74) is 6.90. The molecule has 0 atom stereocenters. The van der Waals surface area contributed by atoms with Crippen LogP contribution < -0.4 is 0 Å². The molecular weight excluding hydrogens is 256 g/mol. The molecule has 0 bridgehead atoms. The van der Waals surface area contributed by atoms with E-state index in [4.69, 9.17) is 4.42 Å². The van der Waals surface area contributed by atoms with E-state index in [0.29, 0.717) is 0 Å². The Kier molecular flexibility index (Phi) is 2.61. The number of fused-ring (bicyclic) bond motifs is 3. The van der Waals surface area contributed by atoms with Gasteiger partial charge in [0.1, 0.15) is 11.2 Å². The molecule has 3 aromatic carbocycles. The van der Waals surface area contributed by atoms with Crippen LogP contribution in [0.25, 0.3) is 33.1 Å². The van der Waals surface area contributed by atoms with E-state index in [0.717, 1.165) is 11.2 Å². The lowest BCUT2D eigenvalue weighted by molar-refractivity contribution is 0.669. The summed E-state index contributed by atoms with van der Waals surface area (Å²) in [7, 11) is 0. The van der Waals surface area contributed by atoms with E-state index in [9.17, 15) is 0 Å². The van der Waals surface area contributed by atoms with Crippen LogP contribution >= 0.6 is 0 Å². The molecule has 0 spiro atoms. The highest BCUT2D eigenvalue weighted by molar-refractivity contribution is 6.07. The third-order valence-corrected chi connectivity index (χ3v) is 4.03. The van der Waals surface area contributed by atoms with E-state index in [-0.39, 0.29) is 0 Å². The summed E-state index contributed by atoms with van der Waals surface area (Å²) in [6.45, 7) is 4.28. The number of aryl methyl sites for hydroxylation is 2. The van der Waals surface area contributed by atoms with Crippen LogP contribution in [0.5, 0.6) is 0 Å². The van der Waals surface area contributed by atoms with E-state index < -0.39 is 0 Å². The van der Waals surface area contributed by atoms with Crippen LogP contribution in [0, 0.1) is 13.8 Å². The Labute approximate surface area is 123 Å². The van der Waals surface area contributed by atoms with Gasteiger partial charge in [-0.3, -0.25) is 0 Å². The Morgan fingerprint density at radius 3 is 2.43 bits per heavy atom. The van der Waals surface area contributed by atoms with Crippen molar-refractivity contribution in [2.24, 2.45) is 0 Å². The first-order valence-electron chi connectivity index (χ1n) is 7.21. The minimum absolute atomic E-state index is 0.956. The SMILES string of the molecule is Cc1cccc(-c2cc(C)c3c(c2)oc2ccccc23)c1. The van der Waals surface area contributed by atoms with Gasteiger partial charge in [-0.1, -0.05) is 54.1 Å². The third kappa shape index (κ3) is 1.93. The fraction of sp³-hybridized carbons (Fsp3) is 0.100. The molecule has 0 saturated heterocycles. The molecule has 0 N–H and O–H groups in total. The minimum Gasteiger partial charge on any atom is -0.456 e. The smallest absolute Gasteiger partial charge is 0.136 e. The van der Waals surface area contributed by atoms with Gasteiger partial charge in [-0.2, -0.15) is 0 Å². The highest BCUT2D eigenvalue weighted by Gasteiger charge is 2.11. The number of benzene rings is 3. The molecule has 0 aliphatic rings. The fourth-order valence-electron chi connectivity index (χ4n) is 3.05. The van der Waals surface area contributed by atoms with Gasteiger partial charge < -0.3 is 4.42 Å². The summed E-state index contributed by atoms with van der Waals surface area (Å²) in [6, 6.07) is 21.2. The standard InChI is InChI=1S/C20H16O/c1-13-6-5-7-15(10-13)16-11-14(2)20-17-8-3-4-9-18(17)21-19(20)12-16/h3-12H,1-2H3. The van der Waals surface area contributed by atoms with Gasteiger partial charge >= 0.3 is 0 Å². The summed E-state index contributed by atoms with van der Waals surface area (Å²) >= 11 is 0. The lowest BCUT2D eigenvalue weighted by atomic mass is 9.98. The Bertz CT molecular complexity index is 960. The first-order valence-corrected chi connectivity index (χ1v) is 7.21. The minimum atomic E-state index is 0.956. The number of hydrogen-bond acceptors (Lipinski definition) is 1. The largest absolute Gasteiger partial charge is 0.456 e. The van der Waals surface area contributed by atoms with Gasteiger partial charge in [-0.15, -0.1) is 0 Å². The Balaban J connectivity index is 2.03. The topological polar surface area (TPSA) is 13.1 Å². The molecule has 0 radical (unpaired) electrons. The number of para-hydroxylation sites is 1. The van der Waals surface area contributed by atoms with E-state index in [1.807, 2.05) is 12.1 Å². The van der Waals surface area contributed by atoms with Gasteiger partial charge in [-0.05, 0) is 42.7 Å². The number of rotatable bonds is 1. The second kappa shape index (κ2) is 4.49. The molecule has 0 fully saturated rings. The van der Waals surface area contributed by atoms with Crippen LogP contribution in [0.4, 0.5) is 0 Å². The fourth-order valence-corrected chi connectivity index (χ4v) is 3.05. The van der Waals surface area contributed by atoms with Crippen molar-refractivity contribution in [3.63, 3.8) is 0 Å². The molecule has 0 unspecified atom stereocenters. The second-order valence-electron chi connectivity index (χ2n) is 5.63. The Morgan fingerprint density at radius 2 is 1.57 bits per heavy atom. The lowest BCUT2D eigenvalue weighted by Gasteiger charge is -2.05. The quantitative estimate of drug-likeness (QED) is 0.422. The number of hydrogen-bond donors (Lipinski definition) is 0. The average molecular weight is 272 g/mol. The van der Waals surface area contributed by atoms with Crippen molar-refractivity contribution in [1.29, 1.82) is 0 Å². The second-order valence-corrected chi connectivity index (χ2v) is 5.63. The van der Waals surface area contributed by atoms with E-state index in [2.05, 4.69) is 62.4 Å². The van der Waals surface area contributed by atoms with Crippen molar-refractivity contribution < 1.29 is 4.42 Å². The van der Waals surface area contributed by atoms with Crippen molar-refractivity contribution in [1.82, 2.24) is 0 Å². The first-order chi connectivity index (χ1) is 10.2. The summed E-state index contributed by atoms with van der Waals surface area (Å²) in [6.07, 6.45) is 0. The third-order valence-electron chi connectivity index (χ3n) is 4.03. The Hall–Kier alpha value is -2.54. The Morgan fingerprint density at radius 1 is 0.714 bits per heavy atom. The van der Waals surface area contributed by atoms with Crippen LogP contribution in [0.15, 0.2) is 65.1 Å². The molecule has 21 heavy (non-hydrogen) atoms. The van der Waals surface area contributed by atoms with Crippen LogP contribution in [0.3, 0.4) is 0 Å². The molecule has 0 aliphatic carbocycles. The maximum atomic E-state index is 6.03. The molecule has 102 valence electrons. The predicted octanol–water partition coefficient (Wildman–Crippen LogP) is 5.87. The normalized spacial score (nSPS) is 11.3. The summed E-state index contributed by atoms with van der Waals surface area (Å²) in [4.78, 5) is 0. The van der Waals surface area contributed by atoms with Gasteiger partial charge in [0, 0.05) is 10.8 Å². The van der Waals surface area contributed by atoms with Crippen molar-refractivity contribution in [2.75, 3.05) is 0 Å². The van der Waals surface area contributed by atoms with Crippen molar-refractivity contribution in [3.05, 3.63) is 71.8 Å². The molecular formula is C20H16O. The molecule has 0 saturated carbocycles. The van der Waals surface area contributed by atoms with Crippen molar-refractivity contribution >= 4 is 21.9 Å². The van der Waals surface area contributed by atoms with Crippen molar-refractivity contribution in [3.8, 4) is 11.1 Å². The monoisotopic (exact) mass is 272 g/mol. The van der Waals surface area contributed by atoms with Gasteiger partial charge in [0.15, 0.2) is 0 Å². The van der Waals surface area contributed by atoms with Crippen LogP contribution in [-0.2, 0) is 0 Å². The summed E-state index contributed by atoms with van der Waals surface area (Å²) < 4.78 is 6.03. The van der Waals surface area contributed by atoms with E-state index in [1.54, 1.807) is 0 Å². The highest BCUT2D eigenvalue weighted by Crippen LogP contribution is 2.34. The maximum Gasteiger partial charge on any atom is 0.136 e. The zero-order valence-corrected chi connectivity index (χ0v) is 12.2. The molecule has 0 aliphatic heterocycles. The summed E-state index contributed by atoms with van der Waals surface area (Å²) in [5, 5.41) is 2.42. The molecule has 1 heteroatoms. The van der Waals surface area contributed by atoms with E-state index in [1.165, 1.54) is 33.0 Å². The summed E-state index contributed by atoms with van der Waals surface area (Å²) in [5.74, 6) is 0. The predicted molar refractivity (Wildman–Crippen MR) is 88.6 cm³/mol. The maximum absolute atomic E-state index is 6.03. The van der Waals surface area contributed by atoms with Crippen molar-refractivity contribution in [2.45, 2.75) is 13.8 Å². The molecule has 1 nitrogen and oxygen atoms in total. The zero-order chi connectivity index (χ0) is 14.4. The van der Waals surface area contributed by atoms with Gasteiger partial charge in [0.2, 0.25) is 0 Å². The molecule has 4 rings (SSSR count). The average Bonchev–Trinajstić information content (AvgIpc) is 2.86. The van der Waals surface area contributed by atoms with Gasteiger partial charge in [0.25, 0.3) is 0 Å². The molecule has 4 aromatic rings. The first kappa shape index (κ1) is 12.2. The highest BCUT2D eigenvalue weighted by atomic mass is 16.3. The van der Waals surface area contributed by atoms with Gasteiger partial charge in [-0.25, -0.2) is 0 Å². The van der Waals surface area contributed by atoms with Crippen LogP contribution in [0.1, 0.15) is 11.1 Å². The molecule has 1 heterocycles. The molecule has 1 aromatic heterocycles. The zero-order valence-electron chi connectivity index (χ0n) is 12.2. The van der Waals surface area contributed by atoms with Crippen LogP contribution in [-0.4, -0.2) is 0 Å². The lowest BCUT2D eigenvalue weighted by Crippen LogP contribution is -1.82. The van der Waals surface area contributed by atoms with Crippen LogP contribution in [0.2, 0.25) is 0 Å². The molecule has 0 amide bonds. The van der Waals surface area contributed by atoms with Gasteiger partial charge in [0.05, 0.1) is 0 Å². The van der Waals surface area contributed by atoms with E-state index >= 15 is 0 Å².